The summed E-state index contributed by atoms with van der Waals surface area (Å²) in [5.74, 6) is 0.729. The van der Waals surface area contributed by atoms with Gasteiger partial charge in [-0.25, -0.2) is 13.4 Å². The van der Waals surface area contributed by atoms with Gasteiger partial charge in [0, 0.05) is 25.3 Å². The Morgan fingerprint density at radius 3 is 2.76 bits per heavy atom. The molecule has 2 heterocycles. The van der Waals surface area contributed by atoms with Gasteiger partial charge < -0.3 is 5.32 Å². The van der Waals surface area contributed by atoms with Crippen LogP contribution in [-0.4, -0.2) is 36.8 Å². The maximum absolute atomic E-state index is 13.0. The molecule has 3 unspecified atom stereocenters. The van der Waals surface area contributed by atoms with Crippen molar-refractivity contribution in [1.82, 2.24) is 9.29 Å². The lowest BCUT2D eigenvalue weighted by Crippen LogP contribution is -2.49. The van der Waals surface area contributed by atoms with Crippen LogP contribution in [0, 0.1) is 11.8 Å². The Balaban J connectivity index is 2.42. The summed E-state index contributed by atoms with van der Waals surface area (Å²) in [6, 6.07) is 3.52. The quantitative estimate of drug-likeness (QED) is 0.928. The van der Waals surface area contributed by atoms with Crippen molar-refractivity contribution in [2.24, 2.45) is 11.8 Å². The van der Waals surface area contributed by atoms with E-state index >= 15 is 0 Å². The Labute approximate surface area is 127 Å². The number of rotatable bonds is 4. The molecule has 1 N–H and O–H groups in total. The first-order chi connectivity index (χ1) is 9.87. The maximum atomic E-state index is 13.0. The maximum Gasteiger partial charge on any atom is 0.262 e. The third kappa shape index (κ3) is 3.21. The van der Waals surface area contributed by atoms with Gasteiger partial charge in [-0.1, -0.05) is 13.8 Å². The molecule has 1 aliphatic heterocycles. The van der Waals surface area contributed by atoms with Crippen molar-refractivity contribution in [3.8, 4) is 0 Å². The van der Waals surface area contributed by atoms with E-state index in [0.29, 0.717) is 30.6 Å². The summed E-state index contributed by atoms with van der Waals surface area (Å²) in [6.45, 7) is 9.38. The second kappa shape index (κ2) is 6.32. The van der Waals surface area contributed by atoms with Gasteiger partial charge >= 0.3 is 0 Å². The lowest BCUT2D eigenvalue weighted by Gasteiger charge is -2.39. The number of hydrogen-bond donors (Lipinski definition) is 1. The Morgan fingerprint density at radius 2 is 2.10 bits per heavy atom. The highest BCUT2D eigenvalue weighted by atomic mass is 32.2. The molecule has 1 saturated heterocycles. The number of sulfonamides is 1. The molecule has 6 heteroatoms. The van der Waals surface area contributed by atoms with Crippen LogP contribution >= 0.6 is 0 Å². The van der Waals surface area contributed by atoms with Crippen molar-refractivity contribution < 1.29 is 8.42 Å². The minimum atomic E-state index is -3.57. The second-order valence-corrected chi connectivity index (χ2v) is 7.83. The molecule has 0 aliphatic carbocycles. The largest absolute Gasteiger partial charge is 0.383 e. The van der Waals surface area contributed by atoms with Crippen LogP contribution in [0.5, 0.6) is 0 Å². The molecule has 0 amide bonds. The molecule has 2 rings (SSSR count). The first-order valence-electron chi connectivity index (χ1n) is 7.58. The standard InChI is InChI=1S/C15H25N3O2S/c1-5-16-14-7-6-8-17-15(14)21(19,20)18-10-11(2)9-12(3)13(18)4/h6-8,11-13,16H,5,9-10H2,1-4H3. The van der Waals surface area contributed by atoms with Gasteiger partial charge in [0.25, 0.3) is 10.0 Å². The number of aromatic nitrogens is 1. The molecular formula is C15H25N3O2S. The van der Waals surface area contributed by atoms with Crippen molar-refractivity contribution in [3.63, 3.8) is 0 Å². The van der Waals surface area contributed by atoms with Crippen molar-refractivity contribution in [2.45, 2.75) is 45.2 Å². The molecule has 0 bridgehead atoms. The average Bonchev–Trinajstić information content (AvgIpc) is 2.43. The first kappa shape index (κ1) is 16.2. The SMILES string of the molecule is CCNc1cccnc1S(=O)(=O)N1CC(C)CC(C)C1C. The van der Waals surface area contributed by atoms with Crippen molar-refractivity contribution in [2.75, 3.05) is 18.4 Å². The third-order valence-corrected chi connectivity index (χ3v) is 6.15. The minimum absolute atomic E-state index is 0.00248. The average molecular weight is 311 g/mol. The van der Waals surface area contributed by atoms with Gasteiger partial charge in [0.2, 0.25) is 0 Å². The van der Waals surface area contributed by atoms with Crippen LogP contribution in [0.15, 0.2) is 23.4 Å². The molecule has 1 fully saturated rings. The molecule has 1 aromatic heterocycles. The number of nitrogens with one attached hydrogen (secondary N) is 1. The van der Waals surface area contributed by atoms with Gasteiger partial charge in [-0.3, -0.25) is 0 Å². The summed E-state index contributed by atoms with van der Waals surface area (Å²) < 4.78 is 27.6. The number of anilines is 1. The molecular weight excluding hydrogens is 286 g/mol. The topological polar surface area (TPSA) is 62.3 Å². The molecule has 0 aromatic carbocycles. The van der Waals surface area contributed by atoms with Gasteiger partial charge in [-0.05, 0) is 44.2 Å². The van der Waals surface area contributed by atoms with E-state index in [2.05, 4.69) is 24.1 Å². The van der Waals surface area contributed by atoms with E-state index in [1.165, 1.54) is 6.20 Å². The highest BCUT2D eigenvalue weighted by Gasteiger charge is 2.38. The summed E-state index contributed by atoms with van der Waals surface area (Å²) >= 11 is 0. The Bertz CT molecular complexity index is 588. The van der Waals surface area contributed by atoms with Crippen LogP contribution in [-0.2, 0) is 10.0 Å². The molecule has 3 atom stereocenters. The fourth-order valence-electron chi connectivity index (χ4n) is 3.01. The first-order valence-corrected chi connectivity index (χ1v) is 9.02. The number of pyridine rings is 1. The van der Waals surface area contributed by atoms with Gasteiger partial charge in [-0.15, -0.1) is 0 Å². The van der Waals surface area contributed by atoms with Gasteiger partial charge in [-0.2, -0.15) is 4.31 Å². The fraction of sp³-hybridized carbons (Fsp3) is 0.667. The normalized spacial score (nSPS) is 27.5. The summed E-state index contributed by atoms with van der Waals surface area (Å²) in [5.41, 5.74) is 0.582. The fourth-order valence-corrected chi connectivity index (χ4v) is 4.94. The number of piperidine rings is 1. The Hall–Kier alpha value is -1.14. The van der Waals surface area contributed by atoms with E-state index in [4.69, 9.17) is 0 Å². The summed E-state index contributed by atoms with van der Waals surface area (Å²) in [5, 5.41) is 3.23. The highest BCUT2D eigenvalue weighted by Crippen LogP contribution is 2.32. The van der Waals surface area contributed by atoms with Crippen molar-refractivity contribution in [3.05, 3.63) is 18.3 Å². The monoisotopic (exact) mass is 311 g/mol. The summed E-state index contributed by atoms with van der Waals surface area (Å²) in [7, 11) is -3.57. The van der Waals surface area contributed by atoms with Crippen LogP contribution in [0.4, 0.5) is 5.69 Å². The molecule has 0 spiro atoms. The van der Waals surface area contributed by atoms with Crippen LogP contribution in [0.3, 0.4) is 0 Å². The number of nitrogens with zero attached hydrogens (tertiary/aromatic N) is 2. The molecule has 1 aromatic rings. The molecule has 0 saturated carbocycles. The smallest absolute Gasteiger partial charge is 0.262 e. The van der Waals surface area contributed by atoms with Crippen LogP contribution < -0.4 is 5.32 Å². The molecule has 5 nitrogen and oxygen atoms in total. The third-order valence-electron chi connectivity index (χ3n) is 4.23. The van der Waals surface area contributed by atoms with Crippen LogP contribution in [0.1, 0.15) is 34.1 Å². The zero-order chi connectivity index (χ0) is 15.6. The van der Waals surface area contributed by atoms with E-state index in [0.717, 1.165) is 6.42 Å². The number of hydrogen-bond acceptors (Lipinski definition) is 4. The molecule has 21 heavy (non-hydrogen) atoms. The predicted octanol–water partition coefficient (Wildman–Crippen LogP) is 2.57. The van der Waals surface area contributed by atoms with Crippen molar-refractivity contribution in [1.29, 1.82) is 0 Å². The second-order valence-electron chi connectivity index (χ2n) is 6.02. The van der Waals surface area contributed by atoms with Crippen LogP contribution in [0.25, 0.3) is 0 Å². The van der Waals surface area contributed by atoms with Crippen molar-refractivity contribution >= 4 is 15.7 Å². The lowest BCUT2D eigenvalue weighted by atomic mass is 9.88. The Kier molecular flexibility index (Phi) is 4.88. The van der Waals surface area contributed by atoms with E-state index in [1.54, 1.807) is 16.4 Å². The van der Waals surface area contributed by atoms with Gasteiger partial charge in [0.1, 0.15) is 0 Å². The van der Waals surface area contributed by atoms with Gasteiger partial charge in [0.05, 0.1) is 5.69 Å². The Morgan fingerprint density at radius 1 is 1.38 bits per heavy atom. The van der Waals surface area contributed by atoms with Gasteiger partial charge in [0.15, 0.2) is 5.03 Å². The van der Waals surface area contributed by atoms with E-state index in [-0.39, 0.29) is 11.1 Å². The summed E-state index contributed by atoms with van der Waals surface area (Å²) in [4.78, 5) is 4.14. The molecule has 1 aliphatic rings. The minimum Gasteiger partial charge on any atom is -0.383 e. The lowest BCUT2D eigenvalue weighted by molar-refractivity contribution is 0.157. The van der Waals surface area contributed by atoms with Crippen LogP contribution in [0.2, 0.25) is 0 Å². The zero-order valence-electron chi connectivity index (χ0n) is 13.2. The summed E-state index contributed by atoms with van der Waals surface area (Å²) in [6.07, 6.45) is 2.60. The van der Waals surface area contributed by atoms with E-state index < -0.39 is 10.0 Å². The zero-order valence-corrected chi connectivity index (χ0v) is 14.0. The highest BCUT2D eigenvalue weighted by molar-refractivity contribution is 7.89. The van der Waals surface area contributed by atoms with E-state index in [9.17, 15) is 8.42 Å². The van der Waals surface area contributed by atoms with E-state index in [1.807, 2.05) is 13.8 Å². The molecule has 118 valence electrons. The molecule has 0 radical (unpaired) electrons. The predicted molar refractivity (Wildman–Crippen MR) is 84.7 cm³/mol.